The Labute approximate surface area is 126 Å². The van der Waals surface area contributed by atoms with E-state index in [0.29, 0.717) is 13.1 Å². The molecule has 2 aromatic rings. The Morgan fingerprint density at radius 1 is 1.23 bits per heavy atom. The number of aryl methyl sites for hydroxylation is 1. The second-order valence-corrected chi connectivity index (χ2v) is 4.85. The Morgan fingerprint density at radius 2 is 2.05 bits per heavy atom. The third kappa shape index (κ3) is 4.81. The number of hydrogen-bond acceptors (Lipinski definition) is 5. The van der Waals surface area contributed by atoms with E-state index in [-0.39, 0.29) is 6.61 Å². The summed E-state index contributed by atoms with van der Waals surface area (Å²) in [7, 11) is 0. The average molecular weight is 305 g/mol. The van der Waals surface area contributed by atoms with Gasteiger partial charge < -0.3 is 5.11 Å². The van der Waals surface area contributed by atoms with E-state index in [0.717, 1.165) is 25.0 Å². The summed E-state index contributed by atoms with van der Waals surface area (Å²) in [5, 5.41) is 16.8. The van der Waals surface area contributed by atoms with Crippen molar-refractivity contribution in [1.82, 2.24) is 24.5 Å². The van der Waals surface area contributed by atoms with Gasteiger partial charge in [0.05, 0.1) is 12.2 Å². The van der Waals surface area contributed by atoms with Crippen LogP contribution in [0.2, 0.25) is 0 Å². The average Bonchev–Trinajstić information content (AvgIpc) is 2.93. The van der Waals surface area contributed by atoms with E-state index >= 15 is 0 Å². The number of aromatic amines is 1. The number of rotatable bonds is 8. The van der Waals surface area contributed by atoms with Gasteiger partial charge in [0.2, 0.25) is 0 Å². The van der Waals surface area contributed by atoms with Crippen LogP contribution in [0.3, 0.4) is 0 Å². The number of allylic oxidation sites excluding steroid dienone is 2. The Bertz CT molecular complexity index is 728. The summed E-state index contributed by atoms with van der Waals surface area (Å²) >= 11 is 0. The summed E-state index contributed by atoms with van der Waals surface area (Å²) in [6.07, 6.45) is 9.49. The van der Waals surface area contributed by atoms with Crippen molar-refractivity contribution in [3.8, 4) is 0 Å². The van der Waals surface area contributed by atoms with Crippen LogP contribution in [0.25, 0.3) is 0 Å². The van der Waals surface area contributed by atoms with E-state index < -0.39 is 11.2 Å². The molecule has 8 heteroatoms. The fourth-order valence-corrected chi connectivity index (χ4v) is 1.92. The molecule has 0 aliphatic heterocycles. The minimum atomic E-state index is -0.427. The second-order valence-electron chi connectivity index (χ2n) is 4.85. The van der Waals surface area contributed by atoms with Gasteiger partial charge in [-0.05, 0) is 19.3 Å². The van der Waals surface area contributed by atoms with Crippen LogP contribution in [0.5, 0.6) is 0 Å². The predicted octanol–water partition coefficient (Wildman–Crippen LogP) is -0.300. The summed E-state index contributed by atoms with van der Waals surface area (Å²) < 4.78 is 3.11. The van der Waals surface area contributed by atoms with Crippen molar-refractivity contribution in [2.45, 2.75) is 32.4 Å². The summed E-state index contributed by atoms with van der Waals surface area (Å²) in [5.74, 6) is 0. The van der Waals surface area contributed by atoms with E-state index in [4.69, 9.17) is 5.11 Å². The van der Waals surface area contributed by atoms with E-state index in [1.54, 1.807) is 4.68 Å². The highest BCUT2D eigenvalue weighted by Gasteiger charge is 1.99. The van der Waals surface area contributed by atoms with E-state index in [2.05, 4.69) is 15.3 Å². The molecule has 0 amide bonds. The number of aliphatic hydroxyl groups is 1. The molecule has 0 spiro atoms. The largest absolute Gasteiger partial charge is 0.396 e. The van der Waals surface area contributed by atoms with Gasteiger partial charge in [0, 0.05) is 31.6 Å². The number of H-pyrrole nitrogens is 1. The molecule has 0 aliphatic rings. The zero-order chi connectivity index (χ0) is 15.8. The van der Waals surface area contributed by atoms with Crippen LogP contribution in [-0.2, 0) is 19.5 Å². The zero-order valence-corrected chi connectivity index (χ0v) is 12.2. The molecule has 2 N–H and O–H groups in total. The Balaban J connectivity index is 1.82. The SMILES string of the molecule is O=c1ccn(C/C=C/Cn2cc(CCCCO)nn2)c(=O)[nH]1. The van der Waals surface area contributed by atoms with Crippen LogP contribution >= 0.6 is 0 Å². The molecule has 118 valence electrons. The standard InChI is InChI=1S/C14H19N5O3/c20-10-4-1-5-12-11-19(17-16-12)8-3-2-7-18-9-6-13(21)15-14(18)22/h2-3,6,9,11,20H,1,4-5,7-8,10H2,(H,15,21,22)/b3-2+. The van der Waals surface area contributed by atoms with Crippen LogP contribution in [0, 0.1) is 0 Å². The summed E-state index contributed by atoms with van der Waals surface area (Å²) in [5.41, 5.74) is 0.0735. The van der Waals surface area contributed by atoms with Gasteiger partial charge >= 0.3 is 5.69 Å². The fraction of sp³-hybridized carbons (Fsp3) is 0.429. The van der Waals surface area contributed by atoms with Gasteiger partial charge in [-0.3, -0.25) is 14.3 Å². The Hall–Kier alpha value is -2.48. The van der Waals surface area contributed by atoms with Crippen molar-refractivity contribution in [1.29, 1.82) is 0 Å². The van der Waals surface area contributed by atoms with Crippen LogP contribution in [0.1, 0.15) is 18.5 Å². The smallest absolute Gasteiger partial charge is 0.328 e. The Morgan fingerprint density at radius 3 is 2.82 bits per heavy atom. The molecule has 22 heavy (non-hydrogen) atoms. The fourth-order valence-electron chi connectivity index (χ4n) is 1.92. The number of aliphatic hydroxyl groups excluding tert-OH is 1. The lowest BCUT2D eigenvalue weighted by Gasteiger charge is -1.99. The van der Waals surface area contributed by atoms with Crippen LogP contribution in [0.15, 0.2) is 40.2 Å². The first kappa shape index (κ1) is 15.9. The maximum absolute atomic E-state index is 11.5. The minimum absolute atomic E-state index is 0.195. The third-order valence-electron chi connectivity index (χ3n) is 3.09. The van der Waals surface area contributed by atoms with E-state index in [1.807, 2.05) is 18.3 Å². The lowest BCUT2D eigenvalue weighted by molar-refractivity contribution is 0.284. The molecule has 0 unspecified atom stereocenters. The van der Waals surface area contributed by atoms with Crippen molar-refractivity contribution in [2.75, 3.05) is 6.61 Å². The van der Waals surface area contributed by atoms with Crippen molar-refractivity contribution in [2.24, 2.45) is 0 Å². The minimum Gasteiger partial charge on any atom is -0.396 e. The second kappa shape index (κ2) is 8.08. The lowest BCUT2D eigenvalue weighted by Crippen LogP contribution is -2.28. The van der Waals surface area contributed by atoms with Gasteiger partial charge in [-0.2, -0.15) is 0 Å². The van der Waals surface area contributed by atoms with Crippen molar-refractivity contribution < 1.29 is 5.11 Å². The number of nitrogens with zero attached hydrogens (tertiary/aromatic N) is 4. The van der Waals surface area contributed by atoms with Gasteiger partial charge in [0.25, 0.3) is 5.56 Å². The van der Waals surface area contributed by atoms with Crippen LogP contribution < -0.4 is 11.2 Å². The quantitative estimate of drug-likeness (QED) is 0.514. The molecule has 2 heterocycles. The highest BCUT2D eigenvalue weighted by molar-refractivity contribution is 4.94. The number of hydrogen-bond donors (Lipinski definition) is 2. The predicted molar refractivity (Wildman–Crippen MR) is 80.5 cm³/mol. The molecular weight excluding hydrogens is 286 g/mol. The molecule has 0 atom stereocenters. The first-order valence-electron chi connectivity index (χ1n) is 7.13. The molecule has 2 rings (SSSR count). The molecule has 2 aromatic heterocycles. The van der Waals surface area contributed by atoms with E-state index in [9.17, 15) is 9.59 Å². The van der Waals surface area contributed by atoms with Crippen LogP contribution in [0.4, 0.5) is 0 Å². The van der Waals surface area contributed by atoms with Crippen molar-refractivity contribution >= 4 is 0 Å². The monoisotopic (exact) mass is 305 g/mol. The molecule has 0 saturated carbocycles. The normalized spacial score (nSPS) is 11.3. The van der Waals surface area contributed by atoms with Crippen LogP contribution in [-0.4, -0.2) is 36.3 Å². The summed E-state index contributed by atoms with van der Waals surface area (Å²) in [4.78, 5) is 24.6. The lowest BCUT2D eigenvalue weighted by atomic mass is 10.2. The number of aromatic nitrogens is 5. The maximum Gasteiger partial charge on any atom is 0.328 e. The molecule has 0 radical (unpaired) electrons. The molecular formula is C14H19N5O3. The zero-order valence-electron chi connectivity index (χ0n) is 12.2. The number of unbranched alkanes of at least 4 members (excludes halogenated alkanes) is 1. The van der Waals surface area contributed by atoms with Gasteiger partial charge in [0.1, 0.15) is 0 Å². The van der Waals surface area contributed by atoms with Gasteiger partial charge in [0.15, 0.2) is 0 Å². The van der Waals surface area contributed by atoms with Gasteiger partial charge in [-0.15, -0.1) is 5.10 Å². The molecule has 8 nitrogen and oxygen atoms in total. The van der Waals surface area contributed by atoms with E-state index in [1.165, 1.54) is 16.8 Å². The third-order valence-corrected chi connectivity index (χ3v) is 3.09. The molecule has 0 saturated heterocycles. The number of nitrogens with one attached hydrogen (secondary N) is 1. The van der Waals surface area contributed by atoms with Gasteiger partial charge in [-0.25, -0.2) is 9.48 Å². The molecule has 0 fully saturated rings. The summed E-state index contributed by atoms with van der Waals surface area (Å²) in [6.45, 7) is 1.14. The highest BCUT2D eigenvalue weighted by atomic mass is 16.3. The first-order chi connectivity index (χ1) is 10.7. The maximum atomic E-state index is 11.5. The van der Waals surface area contributed by atoms with Crippen molar-refractivity contribution in [3.63, 3.8) is 0 Å². The topological polar surface area (TPSA) is 106 Å². The van der Waals surface area contributed by atoms with Gasteiger partial charge in [-0.1, -0.05) is 17.4 Å². The highest BCUT2D eigenvalue weighted by Crippen LogP contribution is 2.00. The molecule has 0 aromatic carbocycles. The Kier molecular flexibility index (Phi) is 5.84. The molecule has 0 bridgehead atoms. The summed E-state index contributed by atoms with van der Waals surface area (Å²) in [6, 6.07) is 1.31. The first-order valence-corrected chi connectivity index (χ1v) is 7.13. The molecule has 0 aliphatic carbocycles. The van der Waals surface area contributed by atoms with Crippen molar-refractivity contribution in [3.05, 3.63) is 57.1 Å².